The van der Waals surface area contributed by atoms with Gasteiger partial charge in [-0.05, 0) is 55.6 Å². The lowest BCUT2D eigenvalue weighted by molar-refractivity contribution is 0.0948. The molecule has 0 unspecified atom stereocenters. The number of benzene rings is 1. The number of carbonyl (C=O) groups excluding carboxylic acids is 2. The highest BCUT2D eigenvalue weighted by Crippen LogP contribution is 2.28. The molecule has 0 saturated carbocycles. The van der Waals surface area contributed by atoms with Gasteiger partial charge in [0.25, 0.3) is 11.8 Å². The Bertz CT molecular complexity index is 812. The second-order valence-corrected chi connectivity index (χ2v) is 8.09. The minimum absolute atomic E-state index is 0.0914. The summed E-state index contributed by atoms with van der Waals surface area (Å²) in [6, 6.07) is 9.27. The zero-order valence-corrected chi connectivity index (χ0v) is 18.1. The lowest BCUT2D eigenvalue weighted by Gasteiger charge is -2.22. The molecule has 29 heavy (non-hydrogen) atoms. The highest BCUT2D eigenvalue weighted by Gasteiger charge is 2.20. The van der Waals surface area contributed by atoms with Crippen LogP contribution in [-0.2, 0) is 0 Å². The van der Waals surface area contributed by atoms with Gasteiger partial charge in [-0.15, -0.1) is 11.3 Å². The van der Waals surface area contributed by atoms with Crippen LogP contribution in [0.1, 0.15) is 46.7 Å². The molecule has 0 atom stereocenters. The molecule has 1 fully saturated rings. The van der Waals surface area contributed by atoms with Crippen LogP contribution in [0.4, 0.5) is 11.4 Å². The molecule has 0 aliphatic carbocycles. The van der Waals surface area contributed by atoms with Crippen LogP contribution in [0.15, 0.2) is 35.7 Å². The number of hydrogen-bond acceptors (Lipinski definition) is 5. The third-order valence-corrected chi connectivity index (χ3v) is 6.17. The third-order valence-electron chi connectivity index (χ3n) is 5.30. The topological polar surface area (TPSA) is 64.7 Å². The second kappa shape index (κ2) is 10.4. The van der Waals surface area contributed by atoms with Gasteiger partial charge < -0.3 is 20.4 Å². The number of nitrogens with one attached hydrogen (secondary N) is 2. The van der Waals surface area contributed by atoms with Crippen molar-refractivity contribution in [3.63, 3.8) is 0 Å². The molecule has 1 aromatic heterocycles. The molecule has 2 heterocycles. The van der Waals surface area contributed by atoms with E-state index >= 15 is 0 Å². The average Bonchev–Trinajstić information content (AvgIpc) is 3.45. The first-order valence-electron chi connectivity index (χ1n) is 10.4. The minimum atomic E-state index is -0.151. The standard InChI is InChI=1S/C22H30N4O2S/c1-3-25(4-2)14-11-23-21(27)18-16-17(24-22(28)20-8-7-15-29-20)9-10-19(18)26-12-5-6-13-26/h7-10,15-16H,3-6,11-14H2,1-2H3,(H,23,27)(H,24,28). The Balaban J connectivity index is 1.75. The fraction of sp³-hybridized carbons (Fsp3) is 0.455. The Labute approximate surface area is 176 Å². The molecule has 2 N–H and O–H groups in total. The van der Waals surface area contributed by atoms with Crippen molar-refractivity contribution in [2.45, 2.75) is 26.7 Å². The maximum absolute atomic E-state index is 13.0. The zero-order chi connectivity index (χ0) is 20.6. The molecule has 156 valence electrons. The lowest BCUT2D eigenvalue weighted by atomic mass is 10.1. The maximum atomic E-state index is 13.0. The van der Waals surface area contributed by atoms with Crippen molar-refractivity contribution in [3.05, 3.63) is 46.2 Å². The number of amides is 2. The summed E-state index contributed by atoms with van der Waals surface area (Å²) >= 11 is 1.40. The normalized spacial score (nSPS) is 13.7. The highest BCUT2D eigenvalue weighted by atomic mass is 32.1. The van der Waals surface area contributed by atoms with Crippen LogP contribution in [-0.4, -0.2) is 56.0 Å². The van der Waals surface area contributed by atoms with Gasteiger partial charge in [-0.25, -0.2) is 0 Å². The van der Waals surface area contributed by atoms with Crippen LogP contribution in [0.3, 0.4) is 0 Å². The smallest absolute Gasteiger partial charge is 0.265 e. The molecule has 2 aromatic rings. The first-order valence-corrected chi connectivity index (χ1v) is 11.2. The van der Waals surface area contributed by atoms with Gasteiger partial charge in [-0.1, -0.05) is 19.9 Å². The molecule has 7 heteroatoms. The van der Waals surface area contributed by atoms with Crippen LogP contribution in [0.5, 0.6) is 0 Å². The fourth-order valence-corrected chi connectivity index (χ4v) is 4.21. The van der Waals surface area contributed by atoms with Crippen molar-refractivity contribution in [2.24, 2.45) is 0 Å². The van der Waals surface area contributed by atoms with Crippen molar-refractivity contribution < 1.29 is 9.59 Å². The van der Waals surface area contributed by atoms with E-state index in [-0.39, 0.29) is 11.8 Å². The van der Waals surface area contributed by atoms with Gasteiger partial charge in [0.1, 0.15) is 0 Å². The summed E-state index contributed by atoms with van der Waals surface area (Å²) in [5, 5.41) is 7.84. The molecular weight excluding hydrogens is 384 g/mol. The summed E-state index contributed by atoms with van der Waals surface area (Å²) in [5.74, 6) is -0.243. The van der Waals surface area contributed by atoms with E-state index in [1.807, 2.05) is 23.6 Å². The average molecular weight is 415 g/mol. The maximum Gasteiger partial charge on any atom is 0.265 e. The van der Waals surface area contributed by atoms with Crippen LogP contribution < -0.4 is 15.5 Å². The molecule has 1 saturated heterocycles. The van der Waals surface area contributed by atoms with Crippen molar-refractivity contribution in [3.8, 4) is 0 Å². The van der Waals surface area contributed by atoms with Gasteiger partial charge in [-0.3, -0.25) is 9.59 Å². The number of carbonyl (C=O) groups is 2. The summed E-state index contributed by atoms with van der Waals surface area (Å²) < 4.78 is 0. The van der Waals surface area contributed by atoms with E-state index in [0.717, 1.165) is 51.3 Å². The zero-order valence-electron chi connectivity index (χ0n) is 17.2. The van der Waals surface area contributed by atoms with Crippen LogP contribution in [0.2, 0.25) is 0 Å². The number of rotatable bonds is 9. The van der Waals surface area contributed by atoms with Crippen LogP contribution >= 0.6 is 11.3 Å². The quantitative estimate of drug-likeness (QED) is 0.657. The summed E-state index contributed by atoms with van der Waals surface area (Å²) in [5.41, 5.74) is 2.20. The number of nitrogens with zero attached hydrogens (tertiary/aromatic N) is 2. The first kappa shape index (κ1) is 21.3. The minimum Gasteiger partial charge on any atom is -0.371 e. The third kappa shape index (κ3) is 5.58. The van der Waals surface area contributed by atoms with Crippen molar-refractivity contribution in [2.75, 3.05) is 49.5 Å². The number of hydrogen-bond donors (Lipinski definition) is 2. The molecular formula is C22H30N4O2S. The summed E-state index contributed by atoms with van der Waals surface area (Å²) in [6.07, 6.45) is 2.28. The Morgan fingerprint density at radius 1 is 1.10 bits per heavy atom. The molecule has 1 aliphatic heterocycles. The summed E-state index contributed by atoms with van der Waals surface area (Å²) in [7, 11) is 0. The van der Waals surface area contributed by atoms with Gasteiger partial charge in [0, 0.05) is 37.6 Å². The fourth-order valence-electron chi connectivity index (χ4n) is 3.59. The molecule has 1 aromatic carbocycles. The van der Waals surface area contributed by atoms with Crippen LogP contribution in [0.25, 0.3) is 0 Å². The number of likely N-dealkylation sites (N-methyl/N-ethyl adjacent to an activating group) is 1. The van der Waals surface area contributed by atoms with E-state index in [0.29, 0.717) is 22.7 Å². The number of thiophene rings is 1. The molecule has 0 spiro atoms. The molecule has 2 amide bonds. The van der Waals surface area contributed by atoms with E-state index in [2.05, 4.69) is 34.3 Å². The Morgan fingerprint density at radius 3 is 2.52 bits per heavy atom. The van der Waals surface area contributed by atoms with Crippen LogP contribution in [0, 0.1) is 0 Å². The van der Waals surface area contributed by atoms with Crippen molar-refractivity contribution >= 4 is 34.5 Å². The van der Waals surface area contributed by atoms with E-state index in [9.17, 15) is 9.59 Å². The highest BCUT2D eigenvalue weighted by molar-refractivity contribution is 7.12. The molecule has 3 rings (SSSR count). The van der Waals surface area contributed by atoms with E-state index in [1.54, 1.807) is 12.1 Å². The Hall–Kier alpha value is -2.38. The van der Waals surface area contributed by atoms with Gasteiger partial charge in [0.05, 0.1) is 10.4 Å². The molecule has 0 radical (unpaired) electrons. The lowest BCUT2D eigenvalue weighted by Crippen LogP contribution is -2.35. The monoisotopic (exact) mass is 414 g/mol. The summed E-state index contributed by atoms with van der Waals surface area (Å²) in [4.78, 5) is 30.6. The largest absolute Gasteiger partial charge is 0.371 e. The predicted molar refractivity (Wildman–Crippen MR) is 120 cm³/mol. The van der Waals surface area contributed by atoms with Gasteiger partial charge in [-0.2, -0.15) is 0 Å². The molecule has 0 bridgehead atoms. The molecule has 1 aliphatic rings. The Kier molecular flexibility index (Phi) is 7.66. The van der Waals surface area contributed by atoms with E-state index in [1.165, 1.54) is 11.3 Å². The predicted octanol–water partition coefficient (Wildman–Crippen LogP) is 3.67. The molecule has 6 nitrogen and oxygen atoms in total. The van der Waals surface area contributed by atoms with E-state index in [4.69, 9.17) is 0 Å². The van der Waals surface area contributed by atoms with Gasteiger partial charge in [0.2, 0.25) is 0 Å². The van der Waals surface area contributed by atoms with Gasteiger partial charge in [0.15, 0.2) is 0 Å². The van der Waals surface area contributed by atoms with Crippen molar-refractivity contribution in [1.82, 2.24) is 10.2 Å². The van der Waals surface area contributed by atoms with Gasteiger partial charge >= 0.3 is 0 Å². The SMILES string of the molecule is CCN(CC)CCNC(=O)c1cc(NC(=O)c2cccs2)ccc1N1CCCC1. The summed E-state index contributed by atoms with van der Waals surface area (Å²) in [6.45, 7) is 9.53. The number of anilines is 2. The second-order valence-electron chi connectivity index (χ2n) is 7.14. The first-order chi connectivity index (χ1) is 14.1. The Morgan fingerprint density at radius 2 is 1.86 bits per heavy atom. The van der Waals surface area contributed by atoms with E-state index < -0.39 is 0 Å². The van der Waals surface area contributed by atoms with Crippen molar-refractivity contribution in [1.29, 1.82) is 0 Å².